The number of benzene rings is 1. The first-order valence-electron chi connectivity index (χ1n) is 5.44. The highest BCUT2D eigenvalue weighted by molar-refractivity contribution is 7.89. The fraction of sp³-hybridized carbons (Fsp3) is 0.400. The monoisotopic (exact) mass is 290 g/mol. The Kier molecular flexibility index (Phi) is 3.52. The van der Waals surface area contributed by atoms with Gasteiger partial charge in [-0.2, -0.15) is 0 Å². The number of sulfonamides is 1. The number of hydrogen-bond acceptors (Lipinski definition) is 5. The van der Waals surface area contributed by atoms with Crippen molar-refractivity contribution in [2.75, 3.05) is 0 Å². The van der Waals surface area contributed by atoms with Crippen LogP contribution in [0, 0.1) is 15.9 Å². The first-order valence-corrected chi connectivity index (χ1v) is 6.92. The molecular weight excluding hydrogens is 279 g/mol. The number of rotatable bonds is 4. The van der Waals surface area contributed by atoms with E-state index >= 15 is 0 Å². The molecule has 2 rings (SSSR count). The minimum absolute atomic E-state index is 0.258. The molecule has 104 valence electrons. The van der Waals surface area contributed by atoms with E-state index in [9.17, 15) is 22.9 Å². The molecule has 0 atom stereocenters. The predicted octanol–water partition coefficient (Wildman–Crippen LogP) is 0.535. The Balaban J connectivity index is 2.32. The van der Waals surface area contributed by atoms with Crippen molar-refractivity contribution in [2.24, 2.45) is 0 Å². The molecule has 9 heteroatoms. The maximum Gasteiger partial charge on any atom is 0.292 e. The van der Waals surface area contributed by atoms with E-state index in [-0.39, 0.29) is 12.8 Å². The van der Waals surface area contributed by atoms with E-state index in [4.69, 9.17) is 5.11 Å². The summed E-state index contributed by atoms with van der Waals surface area (Å²) in [4.78, 5) is 9.21. The molecule has 1 fully saturated rings. The Bertz CT molecular complexity index is 612. The smallest absolute Gasteiger partial charge is 0.292 e. The fourth-order valence-corrected chi connectivity index (χ4v) is 3.24. The molecule has 0 amide bonds. The van der Waals surface area contributed by atoms with Crippen LogP contribution in [0.25, 0.3) is 0 Å². The fourth-order valence-electron chi connectivity index (χ4n) is 1.83. The quantitative estimate of drug-likeness (QED) is 0.621. The van der Waals surface area contributed by atoms with Gasteiger partial charge in [-0.15, -0.1) is 0 Å². The molecule has 1 aromatic rings. The molecule has 0 heterocycles. The van der Waals surface area contributed by atoms with E-state index in [1.54, 1.807) is 0 Å². The van der Waals surface area contributed by atoms with E-state index < -0.39 is 43.5 Å². The van der Waals surface area contributed by atoms with Crippen LogP contribution in [0.15, 0.2) is 23.1 Å². The highest BCUT2D eigenvalue weighted by atomic mass is 32.2. The zero-order valence-corrected chi connectivity index (χ0v) is 10.4. The lowest BCUT2D eigenvalue weighted by atomic mass is 9.91. The van der Waals surface area contributed by atoms with E-state index in [0.717, 1.165) is 12.1 Å². The Labute approximate surface area is 108 Å². The molecule has 1 saturated carbocycles. The minimum atomic E-state index is -4.11. The number of aliphatic hydroxyl groups excluding tert-OH is 1. The van der Waals surface area contributed by atoms with E-state index in [1.807, 2.05) is 0 Å². The largest absolute Gasteiger partial charge is 0.393 e. The summed E-state index contributed by atoms with van der Waals surface area (Å²) >= 11 is 0. The van der Waals surface area contributed by atoms with Gasteiger partial charge < -0.3 is 5.11 Å². The van der Waals surface area contributed by atoms with Gasteiger partial charge in [0, 0.05) is 6.04 Å². The molecular formula is C10H11FN2O5S. The molecule has 2 N–H and O–H groups in total. The maximum atomic E-state index is 12.9. The number of aliphatic hydroxyl groups is 1. The third-order valence-corrected chi connectivity index (χ3v) is 4.41. The van der Waals surface area contributed by atoms with Crippen molar-refractivity contribution in [1.82, 2.24) is 4.72 Å². The third-order valence-electron chi connectivity index (χ3n) is 2.84. The molecule has 0 unspecified atom stereocenters. The van der Waals surface area contributed by atoms with E-state index in [2.05, 4.69) is 4.72 Å². The minimum Gasteiger partial charge on any atom is -0.393 e. The molecule has 7 nitrogen and oxygen atoms in total. The van der Waals surface area contributed by atoms with Gasteiger partial charge in [-0.05, 0) is 25.0 Å². The van der Waals surface area contributed by atoms with Crippen LogP contribution in [-0.2, 0) is 10.0 Å². The van der Waals surface area contributed by atoms with E-state index in [0.29, 0.717) is 6.07 Å². The number of hydrogen-bond donors (Lipinski definition) is 2. The number of nitro groups is 1. The van der Waals surface area contributed by atoms with Gasteiger partial charge in [0.05, 0.1) is 17.1 Å². The summed E-state index contributed by atoms with van der Waals surface area (Å²) in [5.41, 5.74) is -0.813. The number of nitrogens with one attached hydrogen (secondary N) is 1. The average molecular weight is 290 g/mol. The van der Waals surface area contributed by atoms with Crippen LogP contribution in [-0.4, -0.2) is 30.6 Å². The van der Waals surface area contributed by atoms with Gasteiger partial charge in [-0.3, -0.25) is 10.1 Å². The van der Waals surface area contributed by atoms with Gasteiger partial charge in [0.2, 0.25) is 10.0 Å². The van der Waals surface area contributed by atoms with Crippen LogP contribution in [0.4, 0.5) is 10.1 Å². The van der Waals surface area contributed by atoms with Crippen molar-refractivity contribution in [3.8, 4) is 0 Å². The number of halogens is 1. The summed E-state index contributed by atoms with van der Waals surface area (Å²) in [6.07, 6.45) is -0.0430. The van der Waals surface area contributed by atoms with Crippen molar-refractivity contribution >= 4 is 15.7 Å². The Morgan fingerprint density at radius 2 is 2.05 bits per heavy atom. The first-order chi connectivity index (χ1) is 8.79. The van der Waals surface area contributed by atoms with Gasteiger partial charge >= 0.3 is 0 Å². The lowest BCUT2D eigenvalue weighted by molar-refractivity contribution is -0.388. The summed E-state index contributed by atoms with van der Waals surface area (Å²) in [7, 11) is -4.11. The van der Waals surface area contributed by atoms with Gasteiger partial charge in [-0.1, -0.05) is 0 Å². The van der Waals surface area contributed by atoms with Gasteiger partial charge in [0.1, 0.15) is 5.82 Å². The Hall–Kier alpha value is -1.58. The molecule has 0 radical (unpaired) electrons. The Morgan fingerprint density at radius 1 is 1.42 bits per heavy atom. The van der Waals surface area contributed by atoms with Crippen LogP contribution in [0.5, 0.6) is 0 Å². The normalized spacial score (nSPS) is 22.8. The number of nitrogens with zero attached hydrogens (tertiary/aromatic N) is 1. The maximum absolute atomic E-state index is 12.9. The van der Waals surface area contributed by atoms with Crippen LogP contribution in [0.3, 0.4) is 0 Å². The summed E-state index contributed by atoms with van der Waals surface area (Å²) in [5, 5.41) is 19.8. The first kappa shape index (κ1) is 13.8. The zero-order valence-electron chi connectivity index (χ0n) is 9.61. The second kappa shape index (κ2) is 4.83. The second-order valence-electron chi connectivity index (χ2n) is 4.31. The molecule has 0 aliphatic heterocycles. The van der Waals surface area contributed by atoms with Gasteiger partial charge in [0.25, 0.3) is 5.69 Å². The summed E-state index contributed by atoms with van der Waals surface area (Å²) < 4.78 is 39.1. The second-order valence-corrected chi connectivity index (χ2v) is 5.99. The van der Waals surface area contributed by atoms with Crippen LogP contribution < -0.4 is 4.72 Å². The summed E-state index contributed by atoms with van der Waals surface area (Å²) in [6.45, 7) is 0. The predicted molar refractivity (Wildman–Crippen MR) is 62.4 cm³/mol. The Morgan fingerprint density at radius 3 is 2.58 bits per heavy atom. The molecule has 0 aromatic heterocycles. The molecule has 19 heavy (non-hydrogen) atoms. The zero-order chi connectivity index (χ0) is 14.2. The van der Waals surface area contributed by atoms with Crippen LogP contribution >= 0.6 is 0 Å². The molecule has 1 aliphatic rings. The third kappa shape index (κ3) is 2.88. The lowest BCUT2D eigenvalue weighted by Crippen LogP contribution is -2.46. The van der Waals surface area contributed by atoms with Crippen molar-refractivity contribution in [3.05, 3.63) is 34.1 Å². The molecule has 1 aliphatic carbocycles. The van der Waals surface area contributed by atoms with Crippen LogP contribution in [0.2, 0.25) is 0 Å². The topological polar surface area (TPSA) is 110 Å². The van der Waals surface area contributed by atoms with Crippen molar-refractivity contribution in [3.63, 3.8) is 0 Å². The lowest BCUT2D eigenvalue weighted by Gasteiger charge is -2.31. The SMILES string of the molecule is O=[N+]([O-])c1cc(F)ccc1S(=O)(=O)NC1CC(O)C1. The van der Waals surface area contributed by atoms with Crippen LogP contribution in [0.1, 0.15) is 12.8 Å². The standard InChI is InChI=1S/C10H11FN2O5S/c11-6-1-2-10(9(3-6)13(15)16)19(17,18)12-7-4-8(14)5-7/h1-3,7-8,12,14H,4-5H2. The molecule has 0 saturated heterocycles. The molecule has 1 aromatic carbocycles. The highest BCUT2D eigenvalue weighted by Gasteiger charge is 2.34. The summed E-state index contributed by atoms with van der Waals surface area (Å²) in [6, 6.07) is 1.80. The van der Waals surface area contributed by atoms with E-state index in [1.165, 1.54) is 0 Å². The summed E-state index contributed by atoms with van der Waals surface area (Å²) in [5.74, 6) is -0.885. The van der Waals surface area contributed by atoms with Gasteiger partial charge in [-0.25, -0.2) is 17.5 Å². The molecule has 0 bridgehead atoms. The van der Waals surface area contributed by atoms with Crippen molar-refractivity contribution in [1.29, 1.82) is 0 Å². The van der Waals surface area contributed by atoms with Gasteiger partial charge in [0.15, 0.2) is 4.90 Å². The van der Waals surface area contributed by atoms with Crippen molar-refractivity contribution in [2.45, 2.75) is 29.9 Å². The average Bonchev–Trinajstić information content (AvgIpc) is 2.26. The number of nitro benzene ring substituents is 1. The highest BCUT2D eigenvalue weighted by Crippen LogP contribution is 2.27. The molecule has 0 spiro atoms. The van der Waals surface area contributed by atoms with Crippen molar-refractivity contribution < 1.29 is 22.8 Å².